The zero-order chi connectivity index (χ0) is 9.56. The molecule has 1 amide bonds. The van der Waals surface area contributed by atoms with Gasteiger partial charge in [0.25, 0.3) is 0 Å². The van der Waals surface area contributed by atoms with Gasteiger partial charge in [-0.25, -0.2) is 0 Å². The van der Waals surface area contributed by atoms with Crippen LogP contribution in [-0.2, 0) is 4.79 Å². The van der Waals surface area contributed by atoms with Crippen molar-refractivity contribution in [2.24, 2.45) is 5.73 Å². The van der Waals surface area contributed by atoms with Crippen LogP contribution in [0.5, 0.6) is 0 Å². The van der Waals surface area contributed by atoms with Gasteiger partial charge in [-0.3, -0.25) is 4.79 Å². The second-order valence-corrected chi connectivity index (χ2v) is 3.44. The van der Waals surface area contributed by atoms with Crippen LogP contribution in [0.1, 0.15) is 13.8 Å². The summed E-state index contributed by atoms with van der Waals surface area (Å²) in [5.74, 6) is -0.0887. The Morgan fingerprint density at radius 3 is 2.58 bits per heavy atom. The minimum Gasteiger partial charge on any atom is -0.349 e. The molecule has 0 bridgehead atoms. The monoisotopic (exact) mass is 188 g/mol. The van der Waals surface area contributed by atoms with E-state index in [1.54, 1.807) is 5.41 Å². The Balaban J connectivity index is 3.76. The number of nitrogens with one attached hydrogen (secondary N) is 1. The van der Waals surface area contributed by atoms with Crippen LogP contribution in [0.25, 0.3) is 0 Å². The molecule has 0 aromatic carbocycles. The Morgan fingerprint density at radius 2 is 2.17 bits per heavy atom. The second kappa shape index (κ2) is 6.08. The summed E-state index contributed by atoms with van der Waals surface area (Å²) in [6.07, 6.45) is 3.41. The van der Waals surface area contributed by atoms with Gasteiger partial charge in [0.2, 0.25) is 5.91 Å². The van der Waals surface area contributed by atoms with Crippen LogP contribution in [-0.4, -0.2) is 24.2 Å². The fourth-order valence-corrected chi connectivity index (χ4v) is 0.793. The fourth-order valence-electron chi connectivity index (χ4n) is 0.534. The molecule has 3 nitrogen and oxygen atoms in total. The molecule has 0 saturated carbocycles. The highest BCUT2D eigenvalue weighted by Gasteiger charge is 2.07. The smallest absolute Gasteiger partial charge is 0.244 e. The van der Waals surface area contributed by atoms with E-state index >= 15 is 0 Å². The maximum absolute atomic E-state index is 11.0. The third-order valence-corrected chi connectivity index (χ3v) is 1.92. The molecule has 0 fully saturated rings. The summed E-state index contributed by atoms with van der Waals surface area (Å²) in [7, 11) is 0. The van der Waals surface area contributed by atoms with Gasteiger partial charge >= 0.3 is 0 Å². The Hall–Kier alpha value is -0.480. The molecule has 4 heteroatoms. The maximum atomic E-state index is 11.0. The summed E-state index contributed by atoms with van der Waals surface area (Å²) in [5, 5.41) is 4.49. The van der Waals surface area contributed by atoms with Crippen molar-refractivity contribution in [3.05, 3.63) is 11.5 Å². The molecule has 12 heavy (non-hydrogen) atoms. The molecule has 0 aromatic heterocycles. The molecule has 70 valence electrons. The Morgan fingerprint density at radius 1 is 1.58 bits per heavy atom. The molecule has 2 atom stereocenters. The third-order valence-electron chi connectivity index (χ3n) is 1.51. The van der Waals surface area contributed by atoms with Gasteiger partial charge < -0.3 is 11.1 Å². The van der Waals surface area contributed by atoms with E-state index < -0.39 is 0 Å². The van der Waals surface area contributed by atoms with E-state index in [4.69, 9.17) is 5.73 Å². The van der Waals surface area contributed by atoms with Crippen molar-refractivity contribution in [2.75, 3.05) is 6.26 Å². The van der Waals surface area contributed by atoms with E-state index in [1.807, 2.05) is 20.1 Å². The van der Waals surface area contributed by atoms with Gasteiger partial charge in [0.05, 0.1) is 0 Å². The number of carbonyl (C=O) groups is 1. The third kappa shape index (κ3) is 5.21. The van der Waals surface area contributed by atoms with Crippen molar-refractivity contribution in [1.29, 1.82) is 0 Å². The standard InChI is InChI=1S/C8H16N2OS/c1-6(9)7(2)10-8(11)4-5-12-3/h4-7H,9H2,1-3H3,(H,10,11)/b5-4+/t6-,7-/m1/s1. The molecule has 0 radical (unpaired) electrons. The van der Waals surface area contributed by atoms with Crippen LogP contribution in [0.3, 0.4) is 0 Å². The molecule has 0 spiro atoms. The highest BCUT2D eigenvalue weighted by molar-refractivity contribution is 8.01. The van der Waals surface area contributed by atoms with E-state index in [1.165, 1.54) is 17.8 Å². The minimum atomic E-state index is -0.0887. The number of carbonyl (C=O) groups excluding carboxylic acids is 1. The molecule has 0 aromatic rings. The summed E-state index contributed by atoms with van der Waals surface area (Å²) in [4.78, 5) is 11.0. The molecule has 0 saturated heterocycles. The van der Waals surface area contributed by atoms with Gasteiger partial charge in [-0.2, -0.15) is 0 Å². The average Bonchev–Trinajstić information content (AvgIpc) is 2.00. The van der Waals surface area contributed by atoms with Crippen molar-refractivity contribution in [3.63, 3.8) is 0 Å². The van der Waals surface area contributed by atoms with Gasteiger partial charge in [0.1, 0.15) is 0 Å². The topological polar surface area (TPSA) is 55.1 Å². The van der Waals surface area contributed by atoms with Gasteiger partial charge in [0.15, 0.2) is 0 Å². The molecular weight excluding hydrogens is 172 g/mol. The van der Waals surface area contributed by atoms with Crippen molar-refractivity contribution < 1.29 is 4.79 Å². The lowest BCUT2D eigenvalue weighted by atomic mass is 10.2. The predicted molar refractivity (Wildman–Crippen MR) is 53.9 cm³/mol. The van der Waals surface area contributed by atoms with Gasteiger partial charge in [-0.05, 0) is 25.5 Å². The lowest BCUT2D eigenvalue weighted by Gasteiger charge is -2.15. The van der Waals surface area contributed by atoms with Crippen molar-refractivity contribution >= 4 is 17.7 Å². The molecule has 0 unspecified atom stereocenters. The Bertz CT molecular complexity index is 168. The highest BCUT2D eigenvalue weighted by Crippen LogP contribution is 1.93. The first kappa shape index (κ1) is 11.5. The van der Waals surface area contributed by atoms with E-state index in [9.17, 15) is 4.79 Å². The van der Waals surface area contributed by atoms with Crippen molar-refractivity contribution in [2.45, 2.75) is 25.9 Å². The molecule has 3 N–H and O–H groups in total. The molecule has 0 aliphatic rings. The maximum Gasteiger partial charge on any atom is 0.244 e. The Labute approximate surface area is 77.8 Å². The van der Waals surface area contributed by atoms with Gasteiger partial charge in [0, 0.05) is 18.2 Å². The average molecular weight is 188 g/mol. The minimum absolute atomic E-state index is 0.0170. The van der Waals surface area contributed by atoms with E-state index in [-0.39, 0.29) is 18.0 Å². The van der Waals surface area contributed by atoms with E-state index in [0.717, 1.165) is 0 Å². The van der Waals surface area contributed by atoms with Crippen LogP contribution in [0.2, 0.25) is 0 Å². The summed E-state index contributed by atoms with van der Waals surface area (Å²) in [5.41, 5.74) is 5.57. The van der Waals surface area contributed by atoms with Crippen molar-refractivity contribution in [3.8, 4) is 0 Å². The van der Waals surface area contributed by atoms with Crippen LogP contribution in [0.4, 0.5) is 0 Å². The number of rotatable bonds is 4. The predicted octanol–water partition coefficient (Wildman–Crippen LogP) is 0.715. The van der Waals surface area contributed by atoms with E-state index in [2.05, 4.69) is 5.32 Å². The largest absolute Gasteiger partial charge is 0.349 e. The zero-order valence-corrected chi connectivity index (χ0v) is 8.52. The molecular formula is C8H16N2OS. The summed E-state index contributed by atoms with van der Waals surface area (Å²) in [6.45, 7) is 3.75. The first-order valence-electron chi connectivity index (χ1n) is 3.83. The van der Waals surface area contributed by atoms with E-state index in [0.29, 0.717) is 0 Å². The SMILES string of the molecule is CS/C=C/C(=O)N[C@H](C)[C@@H](C)N. The number of hydrogen-bond acceptors (Lipinski definition) is 3. The van der Waals surface area contributed by atoms with Crippen molar-refractivity contribution in [1.82, 2.24) is 5.32 Å². The normalized spacial score (nSPS) is 16.0. The number of nitrogens with two attached hydrogens (primary N) is 1. The lowest BCUT2D eigenvalue weighted by Crippen LogP contribution is -2.43. The molecule has 0 heterocycles. The lowest BCUT2D eigenvalue weighted by molar-refractivity contribution is -0.117. The molecule has 0 aliphatic heterocycles. The number of hydrogen-bond donors (Lipinski definition) is 2. The highest BCUT2D eigenvalue weighted by atomic mass is 32.2. The van der Waals surface area contributed by atoms with Crippen LogP contribution < -0.4 is 11.1 Å². The fraction of sp³-hybridized carbons (Fsp3) is 0.625. The first-order chi connectivity index (χ1) is 5.57. The van der Waals surface area contributed by atoms with Gasteiger partial charge in [-0.15, -0.1) is 11.8 Å². The summed E-state index contributed by atoms with van der Waals surface area (Å²) < 4.78 is 0. The zero-order valence-electron chi connectivity index (χ0n) is 7.70. The summed E-state index contributed by atoms with van der Waals surface area (Å²) in [6, 6.07) is 0.000589. The quantitative estimate of drug-likeness (QED) is 0.639. The van der Waals surface area contributed by atoms with Crippen LogP contribution in [0.15, 0.2) is 11.5 Å². The van der Waals surface area contributed by atoms with Gasteiger partial charge in [-0.1, -0.05) is 0 Å². The van der Waals surface area contributed by atoms with Crippen LogP contribution >= 0.6 is 11.8 Å². The summed E-state index contributed by atoms with van der Waals surface area (Å²) >= 11 is 1.49. The molecule has 0 aliphatic carbocycles. The first-order valence-corrected chi connectivity index (χ1v) is 5.12. The second-order valence-electron chi connectivity index (χ2n) is 2.69. The Kier molecular flexibility index (Phi) is 5.84. The number of amides is 1. The van der Waals surface area contributed by atoms with Crippen LogP contribution in [0, 0.1) is 0 Å². The molecule has 0 rings (SSSR count). The number of thioether (sulfide) groups is 1.